The molecule has 4 N–H and O–H groups in total. The first-order chi connectivity index (χ1) is 9.70. The molecule has 1 unspecified atom stereocenters. The summed E-state index contributed by atoms with van der Waals surface area (Å²) in [6.45, 7) is 5.22. The van der Waals surface area contributed by atoms with E-state index < -0.39 is 15.6 Å². The fourth-order valence-corrected chi connectivity index (χ4v) is 2.42. The van der Waals surface area contributed by atoms with Crippen molar-refractivity contribution in [2.45, 2.75) is 39.2 Å². The summed E-state index contributed by atoms with van der Waals surface area (Å²) in [6, 6.07) is 6.45. The van der Waals surface area contributed by atoms with E-state index in [9.17, 15) is 13.2 Å². The van der Waals surface area contributed by atoms with Gasteiger partial charge in [-0.2, -0.15) is 0 Å². The molecule has 0 saturated heterocycles. The van der Waals surface area contributed by atoms with Crippen molar-refractivity contribution in [3.8, 4) is 0 Å². The van der Waals surface area contributed by atoms with Crippen LogP contribution in [0.3, 0.4) is 0 Å². The van der Waals surface area contributed by atoms with E-state index in [0.29, 0.717) is 17.8 Å². The summed E-state index contributed by atoms with van der Waals surface area (Å²) in [6.07, 6.45) is 1.41. The van der Waals surface area contributed by atoms with E-state index in [2.05, 4.69) is 10.0 Å². The second kappa shape index (κ2) is 6.91. The maximum atomic E-state index is 12.0. The number of carbonyl (C=O) groups is 1. The normalized spacial score (nSPS) is 14.3. The topological polar surface area (TPSA) is 101 Å². The van der Waals surface area contributed by atoms with Gasteiger partial charge in [0.2, 0.25) is 15.9 Å². The Balaban J connectivity index is 2.73. The molecule has 0 aliphatic heterocycles. The molecular weight excluding hydrogens is 290 g/mol. The molecule has 0 fully saturated rings. The molecular formula is C14H23N3O3S. The van der Waals surface area contributed by atoms with Crippen molar-refractivity contribution in [1.29, 1.82) is 0 Å². The number of benzene rings is 1. The molecule has 0 heterocycles. The summed E-state index contributed by atoms with van der Waals surface area (Å²) in [7, 11) is -3.30. The highest BCUT2D eigenvalue weighted by molar-refractivity contribution is 7.92. The number of anilines is 2. The van der Waals surface area contributed by atoms with Crippen LogP contribution in [0.2, 0.25) is 0 Å². The summed E-state index contributed by atoms with van der Waals surface area (Å²) < 4.78 is 25.3. The molecule has 6 nitrogen and oxygen atoms in total. The molecule has 0 spiro atoms. The van der Waals surface area contributed by atoms with E-state index in [1.165, 1.54) is 0 Å². The van der Waals surface area contributed by atoms with Gasteiger partial charge in [-0.1, -0.05) is 13.3 Å². The molecule has 0 saturated carbocycles. The standard InChI is InChI=1S/C14H23N3O3S/c1-4-10-14(3,15)13(18)16-11-6-8-12(9-7-11)17-21(19,20)5-2/h6-9,17H,4-5,10,15H2,1-3H3,(H,16,18). The molecule has 0 bridgehead atoms. The van der Waals surface area contributed by atoms with Crippen LogP contribution in [-0.2, 0) is 14.8 Å². The summed E-state index contributed by atoms with van der Waals surface area (Å²) in [5.74, 6) is -0.250. The van der Waals surface area contributed by atoms with Crippen LogP contribution in [0.4, 0.5) is 11.4 Å². The van der Waals surface area contributed by atoms with Crippen LogP contribution in [0, 0.1) is 0 Å². The van der Waals surface area contributed by atoms with Crippen molar-refractivity contribution in [3.05, 3.63) is 24.3 Å². The summed E-state index contributed by atoms with van der Waals surface area (Å²) in [4.78, 5) is 12.0. The van der Waals surface area contributed by atoms with Gasteiger partial charge >= 0.3 is 0 Å². The Kier molecular flexibility index (Phi) is 5.74. The number of hydrogen-bond acceptors (Lipinski definition) is 4. The molecule has 1 aromatic carbocycles. The molecule has 1 amide bonds. The van der Waals surface area contributed by atoms with Crippen LogP contribution in [0.15, 0.2) is 24.3 Å². The van der Waals surface area contributed by atoms with Gasteiger partial charge in [-0.05, 0) is 44.5 Å². The van der Waals surface area contributed by atoms with Crippen LogP contribution in [0.1, 0.15) is 33.6 Å². The summed E-state index contributed by atoms with van der Waals surface area (Å²) in [5, 5.41) is 2.73. The molecule has 1 aromatic rings. The molecule has 0 radical (unpaired) electrons. The van der Waals surface area contributed by atoms with Crippen molar-refractivity contribution in [2.24, 2.45) is 5.73 Å². The van der Waals surface area contributed by atoms with E-state index in [-0.39, 0.29) is 11.7 Å². The largest absolute Gasteiger partial charge is 0.325 e. The molecule has 0 aliphatic carbocycles. The van der Waals surface area contributed by atoms with E-state index in [1.807, 2.05) is 6.92 Å². The Labute approximate surface area is 126 Å². The minimum Gasteiger partial charge on any atom is -0.325 e. The SMILES string of the molecule is CCCC(C)(N)C(=O)Nc1ccc(NS(=O)(=O)CC)cc1. The number of sulfonamides is 1. The highest BCUT2D eigenvalue weighted by atomic mass is 32.2. The quantitative estimate of drug-likeness (QED) is 0.715. The Bertz CT molecular complexity index is 580. The first-order valence-corrected chi connectivity index (χ1v) is 8.56. The second-order valence-electron chi connectivity index (χ2n) is 5.20. The van der Waals surface area contributed by atoms with E-state index in [1.54, 1.807) is 38.1 Å². The Hall–Kier alpha value is -1.60. The van der Waals surface area contributed by atoms with Gasteiger partial charge in [0, 0.05) is 11.4 Å². The van der Waals surface area contributed by atoms with Gasteiger partial charge < -0.3 is 11.1 Å². The van der Waals surface area contributed by atoms with Crippen LogP contribution < -0.4 is 15.8 Å². The molecule has 0 aliphatic rings. The third-order valence-electron chi connectivity index (χ3n) is 3.08. The maximum Gasteiger partial charge on any atom is 0.244 e. The van der Waals surface area contributed by atoms with E-state index in [0.717, 1.165) is 6.42 Å². The number of nitrogens with two attached hydrogens (primary N) is 1. The predicted octanol–water partition coefficient (Wildman–Crippen LogP) is 1.90. The zero-order valence-electron chi connectivity index (χ0n) is 12.6. The molecule has 0 aromatic heterocycles. The number of amides is 1. The fraction of sp³-hybridized carbons (Fsp3) is 0.500. The number of rotatable bonds is 7. The molecule has 1 atom stereocenters. The lowest BCUT2D eigenvalue weighted by Gasteiger charge is -2.22. The fourth-order valence-electron chi connectivity index (χ4n) is 1.78. The third-order valence-corrected chi connectivity index (χ3v) is 4.39. The van der Waals surface area contributed by atoms with Crippen molar-refractivity contribution >= 4 is 27.3 Å². The first kappa shape index (κ1) is 17.5. The maximum absolute atomic E-state index is 12.0. The zero-order valence-corrected chi connectivity index (χ0v) is 13.5. The minimum absolute atomic E-state index is 0.00797. The van der Waals surface area contributed by atoms with Gasteiger partial charge in [0.15, 0.2) is 0 Å². The van der Waals surface area contributed by atoms with Gasteiger partial charge in [-0.3, -0.25) is 9.52 Å². The molecule has 118 valence electrons. The highest BCUT2D eigenvalue weighted by Gasteiger charge is 2.27. The van der Waals surface area contributed by atoms with Gasteiger partial charge in [0.1, 0.15) is 0 Å². The molecule has 1 rings (SSSR count). The van der Waals surface area contributed by atoms with E-state index >= 15 is 0 Å². The van der Waals surface area contributed by atoms with Crippen molar-refractivity contribution in [3.63, 3.8) is 0 Å². The Morgan fingerprint density at radius 1 is 1.19 bits per heavy atom. The highest BCUT2D eigenvalue weighted by Crippen LogP contribution is 2.17. The van der Waals surface area contributed by atoms with E-state index in [4.69, 9.17) is 5.73 Å². The monoisotopic (exact) mass is 313 g/mol. The predicted molar refractivity (Wildman–Crippen MR) is 85.7 cm³/mol. The minimum atomic E-state index is -3.30. The second-order valence-corrected chi connectivity index (χ2v) is 7.22. The van der Waals surface area contributed by atoms with Crippen LogP contribution in [0.25, 0.3) is 0 Å². The van der Waals surface area contributed by atoms with Gasteiger partial charge in [-0.15, -0.1) is 0 Å². The lowest BCUT2D eigenvalue weighted by molar-refractivity contribution is -0.120. The number of hydrogen-bond donors (Lipinski definition) is 3. The lowest BCUT2D eigenvalue weighted by Crippen LogP contribution is -2.48. The number of carbonyl (C=O) groups excluding carboxylic acids is 1. The number of nitrogens with one attached hydrogen (secondary N) is 2. The van der Waals surface area contributed by atoms with Crippen molar-refractivity contribution < 1.29 is 13.2 Å². The Morgan fingerprint density at radius 2 is 1.71 bits per heavy atom. The van der Waals surface area contributed by atoms with Crippen LogP contribution in [-0.4, -0.2) is 25.6 Å². The van der Waals surface area contributed by atoms with Gasteiger partial charge in [0.25, 0.3) is 0 Å². The van der Waals surface area contributed by atoms with Crippen LogP contribution >= 0.6 is 0 Å². The average molecular weight is 313 g/mol. The van der Waals surface area contributed by atoms with Crippen molar-refractivity contribution in [1.82, 2.24) is 0 Å². The average Bonchev–Trinajstić information content (AvgIpc) is 2.40. The first-order valence-electron chi connectivity index (χ1n) is 6.91. The summed E-state index contributed by atoms with van der Waals surface area (Å²) in [5.41, 5.74) is 6.06. The zero-order chi connectivity index (χ0) is 16.1. The van der Waals surface area contributed by atoms with Gasteiger partial charge in [0.05, 0.1) is 11.3 Å². The third kappa shape index (κ3) is 5.35. The molecule has 21 heavy (non-hydrogen) atoms. The van der Waals surface area contributed by atoms with Crippen LogP contribution in [0.5, 0.6) is 0 Å². The van der Waals surface area contributed by atoms with Crippen molar-refractivity contribution in [2.75, 3.05) is 15.8 Å². The lowest BCUT2D eigenvalue weighted by atomic mass is 9.96. The summed E-state index contributed by atoms with van der Waals surface area (Å²) >= 11 is 0. The van der Waals surface area contributed by atoms with Gasteiger partial charge in [-0.25, -0.2) is 8.42 Å². The smallest absolute Gasteiger partial charge is 0.244 e. The Morgan fingerprint density at radius 3 is 2.19 bits per heavy atom. The molecule has 7 heteroatoms.